The van der Waals surface area contributed by atoms with Crippen molar-refractivity contribution >= 4 is 5.91 Å². The Hall–Kier alpha value is -0.650. The molecule has 0 aromatic carbocycles. The highest BCUT2D eigenvalue weighted by Gasteiger charge is 2.13. The summed E-state index contributed by atoms with van der Waals surface area (Å²) in [6, 6.07) is 0. The maximum absolute atomic E-state index is 11.1. The van der Waals surface area contributed by atoms with E-state index < -0.39 is 0 Å². The van der Waals surface area contributed by atoms with Gasteiger partial charge < -0.3 is 20.1 Å². The average molecular weight is 216 g/mol. The van der Waals surface area contributed by atoms with Gasteiger partial charge in [0.25, 0.3) is 0 Å². The van der Waals surface area contributed by atoms with Crippen LogP contribution in [0.2, 0.25) is 0 Å². The molecule has 0 aliphatic carbocycles. The van der Waals surface area contributed by atoms with E-state index in [0.717, 1.165) is 6.54 Å². The summed E-state index contributed by atoms with van der Waals surface area (Å²) in [5.74, 6) is 0.0887. The van der Waals surface area contributed by atoms with E-state index in [2.05, 4.69) is 10.6 Å². The predicted octanol–water partition coefficient (Wildman–Crippen LogP) is -0.482. The van der Waals surface area contributed by atoms with E-state index in [4.69, 9.17) is 9.47 Å². The quantitative estimate of drug-likeness (QED) is 0.589. The van der Waals surface area contributed by atoms with Gasteiger partial charge in [-0.3, -0.25) is 4.79 Å². The molecule has 1 aliphatic rings. The molecule has 0 spiro atoms. The van der Waals surface area contributed by atoms with E-state index in [-0.39, 0.29) is 12.0 Å². The smallest absolute Gasteiger partial charge is 0.221 e. The number of carbonyl (C=O) groups excluding carboxylic acids is 1. The number of ether oxygens (including phenoxy) is 2. The van der Waals surface area contributed by atoms with E-state index in [0.29, 0.717) is 39.3 Å². The minimum atomic E-state index is 0.0887. The summed E-state index contributed by atoms with van der Waals surface area (Å²) in [5.41, 5.74) is 0. The van der Waals surface area contributed by atoms with Gasteiger partial charge in [0.2, 0.25) is 5.91 Å². The molecule has 1 aliphatic heterocycles. The van der Waals surface area contributed by atoms with Crippen LogP contribution in [0.4, 0.5) is 0 Å². The van der Waals surface area contributed by atoms with Gasteiger partial charge in [-0.15, -0.1) is 0 Å². The Morgan fingerprint density at radius 2 is 2.33 bits per heavy atom. The molecule has 1 saturated heterocycles. The Morgan fingerprint density at radius 3 is 3.00 bits per heavy atom. The lowest BCUT2D eigenvalue weighted by Gasteiger charge is -2.23. The average Bonchev–Trinajstić information content (AvgIpc) is 2.26. The van der Waals surface area contributed by atoms with Gasteiger partial charge in [-0.2, -0.15) is 0 Å². The molecule has 0 bridgehead atoms. The van der Waals surface area contributed by atoms with E-state index in [1.165, 1.54) is 0 Å². The van der Waals surface area contributed by atoms with Crippen molar-refractivity contribution in [1.82, 2.24) is 10.6 Å². The Balaban J connectivity index is 1.93. The van der Waals surface area contributed by atoms with Crippen LogP contribution < -0.4 is 10.6 Å². The summed E-state index contributed by atoms with van der Waals surface area (Å²) in [5, 5.41) is 5.93. The molecule has 2 N–H and O–H groups in total. The predicted molar refractivity (Wildman–Crippen MR) is 56.7 cm³/mol. The zero-order valence-electron chi connectivity index (χ0n) is 9.25. The van der Waals surface area contributed by atoms with Crippen LogP contribution in [0.25, 0.3) is 0 Å². The second-order valence-electron chi connectivity index (χ2n) is 3.48. The van der Waals surface area contributed by atoms with Crippen molar-refractivity contribution in [3.8, 4) is 0 Å². The molecule has 15 heavy (non-hydrogen) atoms. The summed E-state index contributed by atoms with van der Waals surface area (Å²) < 4.78 is 10.7. The van der Waals surface area contributed by atoms with Gasteiger partial charge in [-0.1, -0.05) is 0 Å². The first-order chi connectivity index (χ1) is 7.33. The van der Waals surface area contributed by atoms with Crippen molar-refractivity contribution in [3.63, 3.8) is 0 Å². The molecule has 1 amide bonds. The SMILES string of the molecule is CCNC(=O)CCNCC1COCCO1. The molecule has 1 fully saturated rings. The third-order valence-corrected chi connectivity index (χ3v) is 2.16. The van der Waals surface area contributed by atoms with Crippen molar-refractivity contribution in [2.75, 3.05) is 39.5 Å². The van der Waals surface area contributed by atoms with E-state index >= 15 is 0 Å². The molecule has 0 aromatic rings. The standard InChI is InChI=1S/C10H20N2O3/c1-2-12-10(13)3-4-11-7-9-8-14-5-6-15-9/h9,11H,2-8H2,1H3,(H,12,13). The Kier molecular flexibility index (Phi) is 6.31. The zero-order valence-corrected chi connectivity index (χ0v) is 9.25. The number of hydrogen-bond acceptors (Lipinski definition) is 4. The molecule has 0 saturated carbocycles. The first kappa shape index (κ1) is 12.4. The topological polar surface area (TPSA) is 59.6 Å². The normalized spacial score (nSPS) is 21.3. The number of nitrogens with one attached hydrogen (secondary N) is 2. The number of rotatable bonds is 6. The lowest BCUT2D eigenvalue weighted by atomic mass is 10.3. The van der Waals surface area contributed by atoms with Gasteiger partial charge in [0.15, 0.2) is 0 Å². The second-order valence-corrected chi connectivity index (χ2v) is 3.48. The summed E-state index contributed by atoms with van der Waals surface area (Å²) in [6.07, 6.45) is 0.648. The van der Waals surface area contributed by atoms with Crippen molar-refractivity contribution in [2.45, 2.75) is 19.4 Å². The molecular weight excluding hydrogens is 196 g/mol. The number of amides is 1. The Morgan fingerprint density at radius 1 is 1.47 bits per heavy atom. The third-order valence-electron chi connectivity index (χ3n) is 2.16. The third kappa shape index (κ3) is 5.71. The maximum atomic E-state index is 11.1. The minimum Gasteiger partial charge on any atom is -0.376 e. The summed E-state index contributed by atoms with van der Waals surface area (Å²) in [7, 11) is 0. The summed E-state index contributed by atoms with van der Waals surface area (Å²) >= 11 is 0. The molecular formula is C10H20N2O3. The van der Waals surface area contributed by atoms with E-state index in [1.807, 2.05) is 6.92 Å². The van der Waals surface area contributed by atoms with Crippen LogP contribution in [0.3, 0.4) is 0 Å². The van der Waals surface area contributed by atoms with Crippen LogP contribution in [0.5, 0.6) is 0 Å². The molecule has 1 atom stereocenters. The van der Waals surface area contributed by atoms with Gasteiger partial charge >= 0.3 is 0 Å². The van der Waals surface area contributed by atoms with Crippen molar-refractivity contribution < 1.29 is 14.3 Å². The highest BCUT2D eigenvalue weighted by Crippen LogP contribution is 1.98. The molecule has 5 nitrogen and oxygen atoms in total. The highest BCUT2D eigenvalue weighted by molar-refractivity contribution is 5.75. The number of hydrogen-bond donors (Lipinski definition) is 2. The van der Waals surface area contributed by atoms with Gasteiger partial charge in [0.1, 0.15) is 0 Å². The van der Waals surface area contributed by atoms with E-state index in [9.17, 15) is 4.79 Å². The molecule has 88 valence electrons. The van der Waals surface area contributed by atoms with Crippen molar-refractivity contribution in [1.29, 1.82) is 0 Å². The van der Waals surface area contributed by atoms with Crippen LogP contribution in [0, 0.1) is 0 Å². The molecule has 0 radical (unpaired) electrons. The monoisotopic (exact) mass is 216 g/mol. The summed E-state index contributed by atoms with van der Waals surface area (Å²) in [4.78, 5) is 11.1. The van der Waals surface area contributed by atoms with Crippen molar-refractivity contribution in [3.05, 3.63) is 0 Å². The molecule has 1 heterocycles. The zero-order chi connectivity index (χ0) is 10.9. The van der Waals surface area contributed by atoms with Crippen LogP contribution in [-0.2, 0) is 14.3 Å². The molecule has 1 rings (SSSR count). The second kappa shape index (κ2) is 7.62. The fourth-order valence-electron chi connectivity index (χ4n) is 1.40. The first-order valence-electron chi connectivity index (χ1n) is 5.49. The largest absolute Gasteiger partial charge is 0.376 e. The first-order valence-corrected chi connectivity index (χ1v) is 5.49. The Bertz CT molecular complexity index is 182. The van der Waals surface area contributed by atoms with Gasteiger partial charge in [0.05, 0.1) is 25.9 Å². The van der Waals surface area contributed by atoms with E-state index in [1.54, 1.807) is 0 Å². The highest BCUT2D eigenvalue weighted by atomic mass is 16.6. The molecule has 1 unspecified atom stereocenters. The van der Waals surface area contributed by atoms with Gasteiger partial charge in [0, 0.05) is 26.1 Å². The molecule has 5 heteroatoms. The van der Waals surface area contributed by atoms with Crippen LogP contribution >= 0.6 is 0 Å². The lowest BCUT2D eigenvalue weighted by Crippen LogP contribution is -2.38. The fraction of sp³-hybridized carbons (Fsp3) is 0.900. The maximum Gasteiger partial charge on any atom is 0.221 e. The van der Waals surface area contributed by atoms with Crippen molar-refractivity contribution in [2.24, 2.45) is 0 Å². The minimum absolute atomic E-state index is 0.0887. The molecule has 0 aromatic heterocycles. The fourth-order valence-corrected chi connectivity index (χ4v) is 1.40. The number of carbonyl (C=O) groups is 1. The Labute approximate surface area is 90.5 Å². The van der Waals surface area contributed by atoms with Gasteiger partial charge in [-0.25, -0.2) is 0 Å². The van der Waals surface area contributed by atoms with Crippen LogP contribution in [-0.4, -0.2) is 51.5 Å². The summed E-state index contributed by atoms with van der Waals surface area (Å²) in [6.45, 7) is 6.05. The van der Waals surface area contributed by atoms with Crippen LogP contribution in [0.1, 0.15) is 13.3 Å². The van der Waals surface area contributed by atoms with Gasteiger partial charge in [-0.05, 0) is 6.92 Å². The van der Waals surface area contributed by atoms with Crippen LogP contribution in [0.15, 0.2) is 0 Å². The lowest BCUT2D eigenvalue weighted by molar-refractivity contribution is -0.121.